The van der Waals surface area contributed by atoms with Gasteiger partial charge in [-0.25, -0.2) is 0 Å². The molecular formula is C20H14N2O. The summed E-state index contributed by atoms with van der Waals surface area (Å²) in [7, 11) is 0. The largest absolute Gasteiger partial charge is 0.357 e. The highest BCUT2D eigenvalue weighted by Crippen LogP contribution is 2.45. The maximum atomic E-state index is 13.0. The van der Waals surface area contributed by atoms with E-state index in [0.717, 1.165) is 22.5 Å². The molecule has 3 heteroatoms. The van der Waals surface area contributed by atoms with Gasteiger partial charge in [-0.1, -0.05) is 54.6 Å². The van der Waals surface area contributed by atoms with E-state index in [9.17, 15) is 10.1 Å². The fraction of sp³-hybridized carbons (Fsp3) is 0.100. The first-order chi connectivity index (χ1) is 11.2. The lowest BCUT2D eigenvalue weighted by molar-refractivity contribution is 0.103. The number of hydrogen-bond donors (Lipinski definition) is 1. The molecule has 2 aromatic rings. The average Bonchev–Trinajstić information content (AvgIpc) is 2.87. The van der Waals surface area contributed by atoms with Gasteiger partial charge in [0.05, 0.1) is 23.3 Å². The Bertz CT molecular complexity index is 930. The Balaban J connectivity index is 1.97. The summed E-state index contributed by atoms with van der Waals surface area (Å²) in [5.41, 5.74) is 5.54. The van der Waals surface area contributed by atoms with Crippen molar-refractivity contribution in [3.05, 3.63) is 88.1 Å². The minimum atomic E-state index is -0.308. The van der Waals surface area contributed by atoms with Gasteiger partial charge in [-0.05, 0) is 12.5 Å². The van der Waals surface area contributed by atoms with Crippen molar-refractivity contribution in [1.29, 1.82) is 5.26 Å². The van der Waals surface area contributed by atoms with Gasteiger partial charge >= 0.3 is 0 Å². The molecule has 4 rings (SSSR count). The molecule has 0 saturated carbocycles. The number of ketones is 1. The van der Waals surface area contributed by atoms with E-state index in [4.69, 9.17) is 0 Å². The van der Waals surface area contributed by atoms with Crippen molar-refractivity contribution >= 4 is 11.5 Å². The highest BCUT2D eigenvalue weighted by Gasteiger charge is 2.40. The summed E-state index contributed by atoms with van der Waals surface area (Å²) in [5.74, 6) is -0.297. The second-order valence-corrected chi connectivity index (χ2v) is 5.78. The summed E-state index contributed by atoms with van der Waals surface area (Å²) < 4.78 is 0. The van der Waals surface area contributed by atoms with Crippen molar-refractivity contribution in [3.8, 4) is 6.07 Å². The van der Waals surface area contributed by atoms with Crippen molar-refractivity contribution in [3.63, 3.8) is 0 Å². The summed E-state index contributed by atoms with van der Waals surface area (Å²) >= 11 is 0. The van der Waals surface area contributed by atoms with Gasteiger partial charge in [-0.2, -0.15) is 5.26 Å². The average molecular weight is 298 g/mol. The SMILES string of the molecule is CC1=C(C#N)[C@H](c2ccccc2)C2=C(N1)c1ccccc1C2=O. The molecule has 1 aliphatic carbocycles. The van der Waals surface area contributed by atoms with Gasteiger partial charge in [0.1, 0.15) is 0 Å². The Morgan fingerprint density at radius 2 is 1.65 bits per heavy atom. The highest BCUT2D eigenvalue weighted by atomic mass is 16.1. The predicted octanol–water partition coefficient (Wildman–Crippen LogP) is 3.78. The molecule has 0 spiro atoms. The van der Waals surface area contributed by atoms with E-state index in [1.807, 2.05) is 61.5 Å². The number of Topliss-reactive ketones (excluding diaryl/α,β-unsaturated/α-hetero) is 1. The topological polar surface area (TPSA) is 52.9 Å². The van der Waals surface area contributed by atoms with Gasteiger partial charge in [0.15, 0.2) is 5.78 Å². The van der Waals surface area contributed by atoms with Crippen LogP contribution in [0.5, 0.6) is 0 Å². The van der Waals surface area contributed by atoms with Crippen LogP contribution in [0.2, 0.25) is 0 Å². The first-order valence-electron chi connectivity index (χ1n) is 7.53. The molecular weight excluding hydrogens is 284 g/mol. The van der Waals surface area contributed by atoms with Gasteiger partial charge in [0, 0.05) is 22.4 Å². The normalized spacial score (nSPS) is 19.1. The van der Waals surface area contributed by atoms with Crippen molar-refractivity contribution in [1.82, 2.24) is 5.32 Å². The Labute approximate surface area is 134 Å². The molecule has 2 aliphatic rings. The minimum Gasteiger partial charge on any atom is -0.357 e. The lowest BCUT2D eigenvalue weighted by atomic mass is 9.80. The number of carbonyl (C=O) groups is 1. The van der Waals surface area contributed by atoms with E-state index in [0.29, 0.717) is 16.7 Å². The van der Waals surface area contributed by atoms with Crippen LogP contribution in [-0.2, 0) is 0 Å². The molecule has 1 heterocycles. The molecule has 1 aliphatic heterocycles. The zero-order valence-electron chi connectivity index (χ0n) is 12.6. The summed E-state index contributed by atoms with van der Waals surface area (Å²) in [5, 5.41) is 12.9. The third kappa shape index (κ3) is 1.85. The van der Waals surface area contributed by atoms with E-state index < -0.39 is 0 Å². The van der Waals surface area contributed by atoms with Crippen LogP contribution in [0, 0.1) is 11.3 Å². The summed E-state index contributed by atoms with van der Waals surface area (Å²) in [6.45, 7) is 1.89. The fourth-order valence-corrected chi connectivity index (χ4v) is 3.46. The maximum absolute atomic E-state index is 13.0. The smallest absolute Gasteiger partial charge is 0.192 e. The molecule has 0 aromatic heterocycles. The number of dihydropyridines is 1. The van der Waals surface area contributed by atoms with Crippen LogP contribution in [0.1, 0.15) is 34.3 Å². The number of hydrogen-bond acceptors (Lipinski definition) is 3. The molecule has 0 fully saturated rings. The molecule has 1 N–H and O–H groups in total. The molecule has 0 saturated heterocycles. The molecule has 23 heavy (non-hydrogen) atoms. The number of nitrogens with one attached hydrogen (secondary N) is 1. The molecule has 3 nitrogen and oxygen atoms in total. The second kappa shape index (κ2) is 4.96. The van der Waals surface area contributed by atoms with Crippen molar-refractivity contribution in [2.45, 2.75) is 12.8 Å². The number of fused-ring (bicyclic) bond motifs is 2. The molecule has 2 aromatic carbocycles. The van der Waals surface area contributed by atoms with Gasteiger partial charge in [0.2, 0.25) is 0 Å². The molecule has 110 valence electrons. The number of rotatable bonds is 1. The van der Waals surface area contributed by atoms with Crippen LogP contribution >= 0.6 is 0 Å². The maximum Gasteiger partial charge on any atom is 0.192 e. The van der Waals surface area contributed by atoms with Gasteiger partial charge in [0.25, 0.3) is 0 Å². The Hall–Kier alpha value is -3.12. The third-order valence-corrected chi connectivity index (χ3v) is 4.50. The number of nitriles is 1. The molecule has 1 atom stereocenters. The zero-order valence-corrected chi connectivity index (χ0v) is 12.6. The van der Waals surface area contributed by atoms with Crippen LogP contribution < -0.4 is 5.32 Å². The predicted molar refractivity (Wildman–Crippen MR) is 88.3 cm³/mol. The lowest BCUT2D eigenvalue weighted by Crippen LogP contribution is -2.24. The molecule has 0 bridgehead atoms. The highest BCUT2D eigenvalue weighted by molar-refractivity contribution is 6.22. The van der Waals surface area contributed by atoms with Gasteiger partial charge in [-0.15, -0.1) is 0 Å². The first kappa shape index (κ1) is 13.5. The summed E-state index contributed by atoms with van der Waals surface area (Å²) in [6, 6.07) is 19.7. The number of carbonyl (C=O) groups excluding carboxylic acids is 1. The molecule has 0 unspecified atom stereocenters. The molecule has 0 radical (unpaired) electrons. The van der Waals surface area contributed by atoms with Crippen LogP contribution in [0.4, 0.5) is 0 Å². The van der Waals surface area contributed by atoms with Crippen LogP contribution in [0.15, 0.2) is 71.4 Å². The van der Waals surface area contributed by atoms with Gasteiger partial charge in [-0.3, -0.25) is 4.79 Å². The minimum absolute atomic E-state index is 0.0113. The summed E-state index contributed by atoms with van der Waals surface area (Å²) in [4.78, 5) is 13.0. The first-order valence-corrected chi connectivity index (χ1v) is 7.53. The number of nitrogens with zero attached hydrogens (tertiary/aromatic N) is 1. The Morgan fingerprint density at radius 1 is 1.00 bits per heavy atom. The fourth-order valence-electron chi connectivity index (χ4n) is 3.46. The van der Waals surface area contributed by atoms with Gasteiger partial charge < -0.3 is 5.32 Å². The quantitative estimate of drug-likeness (QED) is 0.871. The zero-order chi connectivity index (χ0) is 16.0. The summed E-state index contributed by atoms with van der Waals surface area (Å²) in [6.07, 6.45) is 0. The standard InChI is InChI=1S/C20H14N2O/c1-12-16(11-21)17(13-7-3-2-4-8-13)18-19(22-12)14-9-5-6-10-15(14)20(18)23/h2-10,17,22H,1H3/t17-/m0/s1. The number of allylic oxidation sites excluding steroid dienone is 3. The van der Waals surface area contributed by atoms with Crippen LogP contribution in [0.3, 0.4) is 0 Å². The van der Waals surface area contributed by atoms with E-state index in [1.165, 1.54) is 0 Å². The second-order valence-electron chi connectivity index (χ2n) is 5.78. The number of benzene rings is 2. The lowest BCUT2D eigenvalue weighted by Gasteiger charge is -2.27. The van der Waals surface area contributed by atoms with Crippen LogP contribution in [0.25, 0.3) is 5.70 Å². The monoisotopic (exact) mass is 298 g/mol. The van der Waals surface area contributed by atoms with Crippen LogP contribution in [-0.4, -0.2) is 5.78 Å². The molecule has 0 amide bonds. The van der Waals surface area contributed by atoms with E-state index >= 15 is 0 Å². The van der Waals surface area contributed by atoms with E-state index in [-0.39, 0.29) is 11.7 Å². The van der Waals surface area contributed by atoms with Crippen molar-refractivity contribution in [2.75, 3.05) is 0 Å². The Morgan fingerprint density at radius 3 is 2.35 bits per heavy atom. The van der Waals surface area contributed by atoms with Crippen molar-refractivity contribution < 1.29 is 4.79 Å². The van der Waals surface area contributed by atoms with E-state index in [2.05, 4.69) is 11.4 Å². The van der Waals surface area contributed by atoms with Crippen molar-refractivity contribution in [2.24, 2.45) is 0 Å². The third-order valence-electron chi connectivity index (χ3n) is 4.50. The van der Waals surface area contributed by atoms with E-state index in [1.54, 1.807) is 0 Å². The Kier molecular flexibility index (Phi) is 2.92.